The van der Waals surface area contributed by atoms with Crippen molar-refractivity contribution in [1.29, 1.82) is 0 Å². The van der Waals surface area contributed by atoms with Crippen LogP contribution in [0.15, 0.2) is 77.1 Å². The van der Waals surface area contributed by atoms with E-state index in [2.05, 4.69) is 92.9 Å². The van der Waals surface area contributed by atoms with Crippen molar-refractivity contribution in [2.45, 2.75) is 26.8 Å². The van der Waals surface area contributed by atoms with Gasteiger partial charge in [0.05, 0.1) is 10.9 Å². The Morgan fingerprint density at radius 2 is 1.52 bits per heavy atom. The number of nitrogens with zero attached hydrogens (tertiary/aromatic N) is 1. The number of thiophene rings is 1. The summed E-state index contributed by atoms with van der Waals surface area (Å²) < 4.78 is 6.07. The summed E-state index contributed by atoms with van der Waals surface area (Å²) in [6.45, 7) is 7.35. The van der Waals surface area contributed by atoms with Gasteiger partial charge in [-0.25, -0.2) is 4.99 Å². The van der Waals surface area contributed by atoms with Crippen molar-refractivity contribution in [2.75, 3.05) is 6.61 Å². The molecule has 27 heavy (non-hydrogen) atoms. The summed E-state index contributed by atoms with van der Waals surface area (Å²) in [5.74, 6) is 0.819. The van der Waals surface area contributed by atoms with Gasteiger partial charge in [0, 0.05) is 5.30 Å². The van der Waals surface area contributed by atoms with Crippen molar-refractivity contribution in [3.8, 4) is 0 Å². The molecule has 0 aliphatic carbocycles. The van der Waals surface area contributed by atoms with Crippen LogP contribution in [-0.2, 0) is 4.74 Å². The second-order valence-corrected chi connectivity index (χ2v) is 10.9. The van der Waals surface area contributed by atoms with E-state index in [1.165, 1.54) is 20.8 Å². The average molecular weight is 393 g/mol. The van der Waals surface area contributed by atoms with Gasteiger partial charge in [-0.1, -0.05) is 81.4 Å². The first kappa shape index (κ1) is 18.4. The minimum absolute atomic E-state index is 0.114. The Labute approximate surface area is 166 Å². The number of hydrogen-bond acceptors (Lipinski definition) is 3. The van der Waals surface area contributed by atoms with Crippen molar-refractivity contribution >= 4 is 41.1 Å². The molecule has 1 atom stereocenters. The summed E-state index contributed by atoms with van der Waals surface area (Å²) in [5.41, 5.74) is 0.114. The molecule has 2 nitrogen and oxygen atoms in total. The van der Waals surface area contributed by atoms with Crippen molar-refractivity contribution in [3.63, 3.8) is 0 Å². The second kappa shape index (κ2) is 7.58. The maximum atomic E-state index is 6.07. The molecule has 0 fully saturated rings. The lowest BCUT2D eigenvalue weighted by Crippen LogP contribution is -2.25. The van der Waals surface area contributed by atoms with Gasteiger partial charge in [-0.3, -0.25) is 0 Å². The smallest absolute Gasteiger partial charge is 0.227 e. The van der Waals surface area contributed by atoms with Crippen LogP contribution < -0.4 is 15.9 Å². The molecule has 1 aliphatic heterocycles. The molecule has 2 heterocycles. The third kappa shape index (κ3) is 3.85. The van der Waals surface area contributed by atoms with E-state index in [1.54, 1.807) is 11.3 Å². The molecule has 4 heteroatoms. The molecule has 0 bridgehead atoms. The first-order valence-electron chi connectivity index (χ1n) is 9.23. The van der Waals surface area contributed by atoms with Gasteiger partial charge in [0.25, 0.3) is 0 Å². The molecular weight excluding hydrogens is 369 g/mol. The summed E-state index contributed by atoms with van der Waals surface area (Å²) in [5, 5.41) is 6.21. The Bertz CT molecular complexity index is 888. The zero-order chi connectivity index (χ0) is 18.9. The third-order valence-corrected chi connectivity index (χ3v) is 8.30. The lowest BCUT2D eigenvalue weighted by molar-refractivity contribution is 0.236. The number of ether oxygens (including phenoxy) is 1. The molecule has 2 aromatic carbocycles. The van der Waals surface area contributed by atoms with Gasteiger partial charge in [0.15, 0.2) is 0 Å². The fourth-order valence-corrected chi connectivity index (χ4v) is 6.75. The number of aliphatic imine (C=N–C) groups is 1. The minimum Gasteiger partial charge on any atom is -0.475 e. The van der Waals surface area contributed by atoms with Crippen molar-refractivity contribution in [2.24, 2.45) is 10.4 Å². The summed E-state index contributed by atoms with van der Waals surface area (Å²) in [4.78, 5) is 6.13. The van der Waals surface area contributed by atoms with Gasteiger partial charge < -0.3 is 4.74 Å². The molecule has 0 spiro atoms. The van der Waals surface area contributed by atoms with E-state index in [9.17, 15) is 0 Å². The summed E-state index contributed by atoms with van der Waals surface area (Å²) in [6.07, 6.45) is 0. The monoisotopic (exact) mass is 393 g/mol. The van der Waals surface area contributed by atoms with E-state index in [4.69, 9.17) is 9.73 Å². The van der Waals surface area contributed by atoms with Crippen LogP contribution in [-0.4, -0.2) is 18.5 Å². The van der Waals surface area contributed by atoms with Crippen molar-refractivity contribution in [3.05, 3.63) is 77.0 Å². The number of hydrogen-bond donors (Lipinski definition) is 0. The van der Waals surface area contributed by atoms with E-state index in [-0.39, 0.29) is 11.5 Å². The fourth-order valence-electron chi connectivity index (χ4n) is 3.16. The molecule has 0 unspecified atom stereocenters. The van der Waals surface area contributed by atoms with Crippen LogP contribution in [0.2, 0.25) is 0 Å². The van der Waals surface area contributed by atoms with Crippen LogP contribution in [0.3, 0.4) is 0 Å². The lowest BCUT2D eigenvalue weighted by atomic mass is 9.88. The largest absolute Gasteiger partial charge is 0.475 e. The molecule has 4 rings (SSSR count). The topological polar surface area (TPSA) is 21.6 Å². The third-order valence-electron chi connectivity index (χ3n) is 4.76. The van der Waals surface area contributed by atoms with Crippen LogP contribution in [0.4, 0.5) is 0 Å². The zero-order valence-electron chi connectivity index (χ0n) is 15.9. The van der Waals surface area contributed by atoms with Crippen molar-refractivity contribution in [1.82, 2.24) is 0 Å². The van der Waals surface area contributed by atoms with E-state index < -0.39 is 7.92 Å². The van der Waals surface area contributed by atoms with Crippen LogP contribution >= 0.6 is 19.3 Å². The second-order valence-electron chi connectivity index (χ2n) is 7.77. The van der Waals surface area contributed by atoms with Gasteiger partial charge in [0.2, 0.25) is 5.90 Å². The Morgan fingerprint density at radius 3 is 2.04 bits per heavy atom. The Morgan fingerprint density at radius 1 is 0.926 bits per heavy atom. The van der Waals surface area contributed by atoms with Gasteiger partial charge in [0.1, 0.15) is 6.61 Å². The van der Waals surface area contributed by atoms with Crippen LogP contribution in [0.25, 0.3) is 0 Å². The minimum atomic E-state index is -0.639. The predicted octanol–water partition coefficient (Wildman–Crippen LogP) is 4.70. The van der Waals surface area contributed by atoms with Crippen LogP contribution in [0.5, 0.6) is 0 Å². The standard InChI is InChI=1S/C23H24NOPS/c1-23(2,3)20-16-25-22(24-20)21-19(14-15-27-21)26(17-10-6-4-7-11-17)18-12-8-5-9-13-18/h4-15,20H,16H2,1-3H3/t20-/m1/s1. The summed E-state index contributed by atoms with van der Waals surface area (Å²) in [6, 6.07) is 24.0. The van der Waals surface area contributed by atoms with Crippen LogP contribution in [0, 0.1) is 5.41 Å². The Hall–Kier alpha value is -1.96. The van der Waals surface area contributed by atoms with Gasteiger partial charge in [-0.2, -0.15) is 0 Å². The SMILES string of the molecule is CC(C)(C)[C@H]1COC(c2sccc2P(c2ccccc2)c2ccccc2)=N1. The van der Waals surface area contributed by atoms with E-state index in [0.717, 1.165) is 5.90 Å². The van der Waals surface area contributed by atoms with Gasteiger partial charge in [-0.15, -0.1) is 11.3 Å². The van der Waals surface area contributed by atoms with E-state index >= 15 is 0 Å². The van der Waals surface area contributed by atoms with Crippen molar-refractivity contribution < 1.29 is 4.74 Å². The highest BCUT2D eigenvalue weighted by atomic mass is 32.1. The molecule has 0 radical (unpaired) electrons. The zero-order valence-corrected chi connectivity index (χ0v) is 17.6. The molecule has 1 aromatic heterocycles. The first-order valence-corrected chi connectivity index (χ1v) is 11.4. The molecule has 3 aromatic rings. The molecular formula is C23H24NOPS. The lowest BCUT2D eigenvalue weighted by Gasteiger charge is -2.21. The quantitative estimate of drug-likeness (QED) is 0.589. The molecule has 138 valence electrons. The first-order chi connectivity index (χ1) is 13.0. The summed E-state index contributed by atoms with van der Waals surface area (Å²) >= 11 is 1.74. The Kier molecular flexibility index (Phi) is 5.16. The Balaban J connectivity index is 1.79. The average Bonchev–Trinajstić information content (AvgIpc) is 3.33. The number of benzene rings is 2. The molecule has 0 saturated carbocycles. The highest BCUT2D eigenvalue weighted by Crippen LogP contribution is 2.37. The van der Waals surface area contributed by atoms with Crippen LogP contribution in [0.1, 0.15) is 25.6 Å². The summed E-state index contributed by atoms with van der Waals surface area (Å²) in [7, 11) is -0.639. The fraction of sp³-hybridized carbons (Fsp3) is 0.261. The molecule has 0 amide bonds. The van der Waals surface area contributed by atoms with E-state index in [0.29, 0.717) is 6.61 Å². The molecule has 1 aliphatic rings. The highest BCUT2D eigenvalue weighted by molar-refractivity contribution is 7.80. The van der Waals surface area contributed by atoms with Gasteiger partial charge in [-0.05, 0) is 35.4 Å². The van der Waals surface area contributed by atoms with E-state index in [1.807, 2.05) is 0 Å². The highest BCUT2D eigenvalue weighted by Gasteiger charge is 2.33. The molecule has 0 saturated heterocycles. The number of rotatable bonds is 4. The maximum Gasteiger partial charge on any atom is 0.227 e. The predicted molar refractivity (Wildman–Crippen MR) is 119 cm³/mol. The maximum absolute atomic E-state index is 6.07. The molecule has 0 N–H and O–H groups in total. The van der Waals surface area contributed by atoms with Gasteiger partial charge >= 0.3 is 0 Å². The normalized spacial score (nSPS) is 17.0.